The van der Waals surface area contributed by atoms with E-state index in [4.69, 9.17) is 0 Å². The van der Waals surface area contributed by atoms with Gasteiger partial charge in [0.05, 0.1) is 0 Å². The van der Waals surface area contributed by atoms with E-state index < -0.39 is 0 Å². The Kier molecular flexibility index (Phi) is 4.49. The highest BCUT2D eigenvalue weighted by atomic mass is 15.1. The lowest BCUT2D eigenvalue weighted by Crippen LogP contribution is -2.27. The number of fused-ring (bicyclic) bond motifs is 1. The Hall–Kier alpha value is -2.65. The van der Waals surface area contributed by atoms with Crippen LogP contribution in [-0.2, 0) is 6.54 Å². The molecule has 4 rings (SSSR count). The topological polar surface area (TPSA) is 31.9 Å². The number of nitrogens with one attached hydrogen (secondary N) is 1. The standard InChI is InChI=1S/C22H23N3/c1-17-4-6-18(7-5-17)8-9-19-10-13-25(14-11-19)16-20-15-24-22-21(20)3-2-12-23-22/h2-10,12,15H,11,13-14,16H2,1H3,(H,23,24). The Bertz CT molecular complexity index is 916. The quantitative estimate of drug-likeness (QED) is 0.751. The fourth-order valence-electron chi connectivity index (χ4n) is 3.29. The number of allylic oxidation sites excluding steroid dienone is 1. The minimum Gasteiger partial charge on any atom is -0.346 e. The number of hydrogen-bond donors (Lipinski definition) is 1. The van der Waals surface area contributed by atoms with E-state index in [-0.39, 0.29) is 0 Å². The fourth-order valence-corrected chi connectivity index (χ4v) is 3.29. The lowest BCUT2D eigenvalue weighted by atomic mass is 10.0. The Labute approximate surface area is 148 Å². The molecule has 0 saturated heterocycles. The van der Waals surface area contributed by atoms with E-state index in [0.29, 0.717) is 0 Å². The minimum atomic E-state index is 0.969. The minimum absolute atomic E-state index is 0.969. The van der Waals surface area contributed by atoms with Crippen molar-refractivity contribution in [2.75, 3.05) is 13.1 Å². The first-order valence-electron chi connectivity index (χ1n) is 8.85. The first kappa shape index (κ1) is 15.9. The number of benzene rings is 1. The van der Waals surface area contributed by atoms with Crippen LogP contribution in [0, 0.1) is 6.92 Å². The van der Waals surface area contributed by atoms with E-state index in [9.17, 15) is 0 Å². The molecule has 0 saturated carbocycles. The van der Waals surface area contributed by atoms with Crippen molar-refractivity contribution in [1.82, 2.24) is 14.9 Å². The van der Waals surface area contributed by atoms with Gasteiger partial charge in [-0.3, -0.25) is 4.90 Å². The number of nitrogens with zero attached hydrogens (tertiary/aromatic N) is 2. The van der Waals surface area contributed by atoms with E-state index in [1.165, 1.54) is 27.6 Å². The van der Waals surface area contributed by atoms with Gasteiger partial charge in [-0.2, -0.15) is 0 Å². The molecular formula is C22H23N3. The van der Waals surface area contributed by atoms with Crippen molar-refractivity contribution in [3.8, 4) is 0 Å². The molecule has 0 amide bonds. The van der Waals surface area contributed by atoms with Crippen molar-refractivity contribution in [3.05, 3.63) is 83.2 Å². The van der Waals surface area contributed by atoms with Gasteiger partial charge in [-0.05, 0) is 42.2 Å². The number of hydrogen-bond acceptors (Lipinski definition) is 2. The predicted octanol–water partition coefficient (Wildman–Crippen LogP) is 4.72. The summed E-state index contributed by atoms with van der Waals surface area (Å²) < 4.78 is 0. The molecule has 0 radical (unpaired) electrons. The van der Waals surface area contributed by atoms with Crippen LogP contribution in [-0.4, -0.2) is 28.0 Å². The molecule has 0 bridgehead atoms. The van der Waals surface area contributed by atoms with Crippen molar-refractivity contribution in [2.24, 2.45) is 0 Å². The van der Waals surface area contributed by atoms with Crippen LogP contribution in [0.4, 0.5) is 0 Å². The zero-order chi connectivity index (χ0) is 17.1. The first-order chi connectivity index (χ1) is 12.3. The molecule has 25 heavy (non-hydrogen) atoms. The Morgan fingerprint density at radius 1 is 1.16 bits per heavy atom. The van der Waals surface area contributed by atoms with Crippen LogP contribution in [0.2, 0.25) is 0 Å². The second kappa shape index (κ2) is 7.08. The van der Waals surface area contributed by atoms with Crippen molar-refractivity contribution in [3.63, 3.8) is 0 Å². The number of aromatic nitrogens is 2. The van der Waals surface area contributed by atoms with Gasteiger partial charge in [0.2, 0.25) is 0 Å². The van der Waals surface area contributed by atoms with Crippen molar-refractivity contribution >= 4 is 17.1 Å². The number of aryl methyl sites for hydroxylation is 1. The third-order valence-electron chi connectivity index (χ3n) is 4.83. The van der Waals surface area contributed by atoms with E-state index >= 15 is 0 Å². The predicted molar refractivity (Wildman–Crippen MR) is 104 cm³/mol. The molecule has 3 heteroatoms. The molecule has 2 aromatic heterocycles. The zero-order valence-corrected chi connectivity index (χ0v) is 14.6. The molecule has 0 aliphatic carbocycles. The van der Waals surface area contributed by atoms with Gasteiger partial charge in [0.15, 0.2) is 0 Å². The fraction of sp³-hybridized carbons (Fsp3) is 0.227. The average molecular weight is 329 g/mol. The molecule has 1 aliphatic heterocycles. The molecule has 3 aromatic rings. The summed E-state index contributed by atoms with van der Waals surface area (Å²) in [6.07, 6.45) is 11.8. The van der Waals surface area contributed by atoms with Crippen molar-refractivity contribution in [2.45, 2.75) is 19.9 Å². The van der Waals surface area contributed by atoms with Crippen LogP contribution in [0.1, 0.15) is 23.1 Å². The number of rotatable bonds is 4. The molecule has 0 unspecified atom stereocenters. The van der Waals surface area contributed by atoms with Gasteiger partial charge in [-0.25, -0.2) is 4.98 Å². The second-order valence-corrected chi connectivity index (χ2v) is 6.72. The monoisotopic (exact) mass is 329 g/mol. The van der Waals surface area contributed by atoms with Crippen LogP contribution < -0.4 is 0 Å². The van der Waals surface area contributed by atoms with Gasteiger partial charge in [0, 0.05) is 37.4 Å². The van der Waals surface area contributed by atoms with Crippen LogP contribution in [0.3, 0.4) is 0 Å². The molecule has 126 valence electrons. The highest BCUT2D eigenvalue weighted by Crippen LogP contribution is 2.20. The SMILES string of the molecule is Cc1ccc(C=CC2=CCN(Cc3c[nH]c4ncccc34)CC2)cc1. The lowest BCUT2D eigenvalue weighted by molar-refractivity contribution is 0.288. The summed E-state index contributed by atoms with van der Waals surface area (Å²) >= 11 is 0. The maximum Gasteiger partial charge on any atom is 0.137 e. The molecule has 0 spiro atoms. The van der Waals surface area contributed by atoms with Gasteiger partial charge in [-0.15, -0.1) is 0 Å². The molecule has 1 aliphatic rings. The van der Waals surface area contributed by atoms with Gasteiger partial charge < -0.3 is 4.98 Å². The zero-order valence-electron chi connectivity index (χ0n) is 14.6. The van der Waals surface area contributed by atoms with Gasteiger partial charge in [0.1, 0.15) is 5.65 Å². The van der Waals surface area contributed by atoms with Gasteiger partial charge in [-0.1, -0.05) is 48.1 Å². The Balaban J connectivity index is 1.39. The Morgan fingerprint density at radius 2 is 2.04 bits per heavy atom. The highest BCUT2D eigenvalue weighted by molar-refractivity contribution is 5.79. The summed E-state index contributed by atoms with van der Waals surface area (Å²) in [5.41, 5.74) is 6.30. The number of H-pyrrole nitrogens is 1. The Morgan fingerprint density at radius 3 is 2.84 bits per heavy atom. The van der Waals surface area contributed by atoms with Gasteiger partial charge >= 0.3 is 0 Å². The maximum absolute atomic E-state index is 4.37. The molecule has 3 heterocycles. The number of pyridine rings is 1. The molecule has 0 atom stereocenters. The lowest BCUT2D eigenvalue weighted by Gasteiger charge is -2.25. The van der Waals surface area contributed by atoms with E-state index in [2.05, 4.69) is 76.5 Å². The summed E-state index contributed by atoms with van der Waals surface area (Å²) in [5.74, 6) is 0. The molecule has 1 N–H and O–H groups in total. The van der Waals surface area contributed by atoms with Crippen LogP contribution in [0.5, 0.6) is 0 Å². The van der Waals surface area contributed by atoms with Crippen LogP contribution >= 0.6 is 0 Å². The maximum atomic E-state index is 4.37. The highest BCUT2D eigenvalue weighted by Gasteiger charge is 2.13. The summed E-state index contributed by atoms with van der Waals surface area (Å²) in [5, 5.41) is 1.23. The van der Waals surface area contributed by atoms with E-state index in [1.54, 1.807) is 0 Å². The van der Waals surface area contributed by atoms with Gasteiger partial charge in [0.25, 0.3) is 0 Å². The summed E-state index contributed by atoms with van der Waals surface area (Å²) in [6.45, 7) is 5.18. The largest absolute Gasteiger partial charge is 0.346 e. The number of aromatic amines is 1. The smallest absolute Gasteiger partial charge is 0.137 e. The average Bonchev–Trinajstić information content (AvgIpc) is 3.06. The molecule has 3 nitrogen and oxygen atoms in total. The third kappa shape index (κ3) is 3.72. The summed E-state index contributed by atoms with van der Waals surface area (Å²) in [4.78, 5) is 10.1. The molecule has 0 fully saturated rings. The van der Waals surface area contributed by atoms with E-state index in [1.807, 2.05) is 12.3 Å². The van der Waals surface area contributed by atoms with Crippen LogP contribution in [0.15, 0.2) is 66.5 Å². The second-order valence-electron chi connectivity index (χ2n) is 6.72. The summed E-state index contributed by atoms with van der Waals surface area (Å²) in [6, 6.07) is 12.8. The van der Waals surface area contributed by atoms with Crippen molar-refractivity contribution < 1.29 is 0 Å². The third-order valence-corrected chi connectivity index (χ3v) is 4.83. The van der Waals surface area contributed by atoms with E-state index in [0.717, 1.165) is 31.7 Å². The first-order valence-corrected chi connectivity index (χ1v) is 8.85. The van der Waals surface area contributed by atoms with Crippen molar-refractivity contribution in [1.29, 1.82) is 0 Å². The normalized spacial score (nSPS) is 15.8. The molecular weight excluding hydrogens is 306 g/mol. The molecule has 1 aromatic carbocycles. The van der Waals surface area contributed by atoms with Crippen LogP contribution in [0.25, 0.3) is 17.1 Å². The summed E-state index contributed by atoms with van der Waals surface area (Å²) in [7, 11) is 0.